The molecular formula is C25H32F2N6O2. The molecule has 1 aliphatic carbocycles. The summed E-state index contributed by atoms with van der Waals surface area (Å²) < 4.78 is 32.0. The Morgan fingerprint density at radius 3 is 2.54 bits per heavy atom. The van der Waals surface area contributed by atoms with Crippen molar-refractivity contribution in [3.63, 3.8) is 0 Å². The molecule has 10 heteroatoms. The highest BCUT2D eigenvalue weighted by molar-refractivity contribution is 5.81. The summed E-state index contributed by atoms with van der Waals surface area (Å²) in [4.78, 5) is 23.8. The minimum absolute atomic E-state index is 0.140. The average Bonchev–Trinajstić information content (AvgIpc) is 3.07. The van der Waals surface area contributed by atoms with Crippen LogP contribution in [-0.4, -0.2) is 48.8 Å². The van der Waals surface area contributed by atoms with Crippen LogP contribution in [0, 0.1) is 18.8 Å². The van der Waals surface area contributed by atoms with E-state index in [0.29, 0.717) is 37.6 Å². The number of nitrogens with one attached hydrogen (secondary N) is 1. The van der Waals surface area contributed by atoms with Crippen LogP contribution in [0.1, 0.15) is 38.7 Å². The van der Waals surface area contributed by atoms with Gasteiger partial charge in [0.15, 0.2) is 0 Å². The molecule has 3 aromatic rings. The highest BCUT2D eigenvalue weighted by Crippen LogP contribution is 2.49. The molecule has 2 aliphatic rings. The van der Waals surface area contributed by atoms with Crippen LogP contribution in [-0.2, 0) is 13.6 Å². The Labute approximate surface area is 202 Å². The predicted molar refractivity (Wildman–Crippen MR) is 132 cm³/mol. The third-order valence-electron chi connectivity index (χ3n) is 7.43. The number of aromatic nitrogens is 4. The van der Waals surface area contributed by atoms with Gasteiger partial charge in [0.1, 0.15) is 5.82 Å². The van der Waals surface area contributed by atoms with Crippen molar-refractivity contribution < 1.29 is 13.9 Å². The molecule has 2 aromatic heterocycles. The number of nitrogens with zero attached hydrogens (tertiary/aromatic N) is 5. The maximum atomic E-state index is 14.4. The molecule has 0 spiro atoms. The van der Waals surface area contributed by atoms with Crippen molar-refractivity contribution in [2.45, 2.75) is 58.1 Å². The molecule has 3 heterocycles. The molecule has 2 bridgehead atoms. The van der Waals surface area contributed by atoms with Crippen molar-refractivity contribution in [1.82, 2.24) is 19.1 Å². The topological polar surface area (TPSA) is 88.2 Å². The van der Waals surface area contributed by atoms with Gasteiger partial charge in [0, 0.05) is 56.0 Å². The average molecular weight is 487 g/mol. The summed E-state index contributed by atoms with van der Waals surface area (Å²) in [5.74, 6) is -2.85. The molecule has 2 N–H and O–H groups in total. The third-order valence-corrected chi connectivity index (χ3v) is 7.43. The fraction of sp³-hybridized carbons (Fsp3) is 0.560. The Morgan fingerprint density at radius 2 is 1.89 bits per heavy atom. The van der Waals surface area contributed by atoms with Crippen LogP contribution >= 0.6 is 0 Å². The lowest BCUT2D eigenvalue weighted by Gasteiger charge is -2.37. The van der Waals surface area contributed by atoms with Crippen LogP contribution in [0.15, 0.2) is 29.2 Å². The zero-order valence-electron chi connectivity index (χ0n) is 20.6. The van der Waals surface area contributed by atoms with Crippen molar-refractivity contribution in [3.05, 3.63) is 40.4 Å². The van der Waals surface area contributed by atoms with Gasteiger partial charge in [-0.05, 0) is 58.2 Å². The number of aryl methyl sites for hydroxylation is 3. The molecule has 35 heavy (non-hydrogen) atoms. The Balaban J connectivity index is 1.43. The minimum Gasteiger partial charge on any atom is -0.390 e. The van der Waals surface area contributed by atoms with Crippen LogP contribution < -0.4 is 15.9 Å². The van der Waals surface area contributed by atoms with Gasteiger partial charge in [-0.25, -0.2) is 18.6 Å². The summed E-state index contributed by atoms with van der Waals surface area (Å²) >= 11 is 0. The first kappa shape index (κ1) is 23.7. The van der Waals surface area contributed by atoms with E-state index in [4.69, 9.17) is 0 Å². The summed E-state index contributed by atoms with van der Waals surface area (Å²) in [6, 6.07) is 5.65. The van der Waals surface area contributed by atoms with Gasteiger partial charge in [-0.3, -0.25) is 9.13 Å². The molecule has 0 amide bonds. The van der Waals surface area contributed by atoms with E-state index in [2.05, 4.69) is 15.3 Å². The van der Waals surface area contributed by atoms with E-state index in [0.717, 1.165) is 22.3 Å². The molecule has 1 saturated carbocycles. The molecule has 2 unspecified atom stereocenters. The number of anilines is 3. The zero-order chi connectivity index (χ0) is 25.1. The molecule has 5 rings (SSSR count). The van der Waals surface area contributed by atoms with Crippen LogP contribution in [0.3, 0.4) is 0 Å². The second kappa shape index (κ2) is 8.29. The minimum atomic E-state index is -2.60. The maximum absolute atomic E-state index is 14.4. The van der Waals surface area contributed by atoms with E-state index in [1.165, 1.54) is 0 Å². The predicted octanol–water partition coefficient (Wildman–Crippen LogP) is 3.82. The number of alkyl halides is 2. The standard InChI is InChI=1S/C25H32F2N6O2/c1-15-12-28-22(32-13-16-5-6-17(14-32)25(16,26)27)30-21(15)29-18-7-8-19-20(11-18)33(23(34)31(19)4)10-9-24(2,3)35/h7-8,11-12,16-17,35H,5-6,9-10,13-14H2,1-4H3,(H,28,29,30). The summed E-state index contributed by atoms with van der Waals surface area (Å²) in [5.41, 5.74) is 2.10. The number of fused-ring (bicyclic) bond motifs is 3. The summed E-state index contributed by atoms with van der Waals surface area (Å²) in [7, 11) is 1.73. The van der Waals surface area contributed by atoms with Gasteiger partial charge in [0.25, 0.3) is 5.92 Å². The largest absolute Gasteiger partial charge is 0.390 e. The lowest BCUT2D eigenvalue weighted by atomic mass is 9.94. The van der Waals surface area contributed by atoms with Gasteiger partial charge in [0.2, 0.25) is 5.95 Å². The number of piperidine rings is 1. The SMILES string of the molecule is Cc1cnc(N2CC3CCC(C2)C3(F)F)nc1Nc1ccc2c(c1)n(CCC(C)(C)O)c(=O)n2C. The number of imidazole rings is 1. The Morgan fingerprint density at radius 1 is 1.20 bits per heavy atom. The van der Waals surface area contributed by atoms with E-state index in [-0.39, 0.29) is 18.8 Å². The highest BCUT2D eigenvalue weighted by Gasteiger charge is 2.56. The number of benzene rings is 1. The van der Waals surface area contributed by atoms with Crippen LogP contribution in [0.5, 0.6) is 0 Å². The van der Waals surface area contributed by atoms with Crippen LogP contribution in [0.25, 0.3) is 11.0 Å². The van der Waals surface area contributed by atoms with Crippen LogP contribution in [0.4, 0.5) is 26.2 Å². The van der Waals surface area contributed by atoms with Crippen molar-refractivity contribution in [2.75, 3.05) is 23.3 Å². The second-order valence-corrected chi connectivity index (χ2v) is 10.6. The first-order valence-corrected chi connectivity index (χ1v) is 12.1. The van der Waals surface area contributed by atoms with Crippen molar-refractivity contribution in [1.29, 1.82) is 0 Å². The van der Waals surface area contributed by atoms with Gasteiger partial charge < -0.3 is 15.3 Å². The van der Waals surface area contributed by atoms with Crippen LogP contribution in [0.2, 0.25) is 0 Å². The zero-order valence-corrected chi connectivity index (χ0v) is 20.6. The lowest BCUT2D eigenvalue weighted by molar-refractivity contribution is -0.0831. The molecule has 1 saturated heterocycles. The smallest absolute Gasteiger partial charge is 0.328 e. The van der Waals surface area contributed by atoms with Gasteiger partial charge in [-0.15, -0.1) is 0 Å². The summed E-state index contributed by atoms with van der Waals surface area (Å²) in [6.07, 6.45) is 3.23. The quantitative estimate of drug-likeness (QED) is 0.551. The molecule has 0 radical (unpaired) electrons. The monoisotopic (exact) mass is 486 g/mol. The lowest BCUT2D eigenvalue weighted by Crippen LogP contribution is -2.49. The fourth-order valence-corrected chi connectivity index (χ4v) is 5.25. The molecule has 188 valence electrons. The molecule has 8 nitrogen and oxygen atoms in total. The first-order valence-electron chi connectivity index (χ1n) is 12.1. The molecular weight excluding hydrogens is 454 g/mol. The van der Waals surface area contributed by atoms with Gasteiger partial charge >= 0.3 is 5.69 Å². The highest BCUT2D eigenvalue weighted by atomic mass is 19.3. The molecule has 2 atom stereocenters. The van der Waals surface area contributed by atoms with Crippen molar-refractivity contribution in [2.24, 2.45) is 18.9 Å². The molecule has 1 aromatic carbocycles. The van der Waals surface area contributed by atoms with E-state index in [1.807, 2.05) is 30.0 Å². The first-order chi connectivity index (χ1) is 16.4. The van der Waals surface area contributed by atoms with E-state index >= 15 is 0 Å². The van der Waals surface area contributed by atoms with E-state index in [9.17, 15) is 18.7 Å². The number of hydrogen-bond acceptors (Lipinski definition) is 6. The normalized spacial score (nSPS) is 21.6. The molecule has 2 fully saturated rings. The number of hydrogen-bond donors (Lipinski definition) is 2. The fourth-order valence-electron chi connectivity index (χ4n) is 5.25. The van der Waals surface area contributed by atoms with Crippen molar-refractivity contribution >= 4 is 28.5 Å². The second-order valence-electron chi connectivity index (χ2n) is 10.6. The number of rotatable bonds is 6. The Bertz CT molecular complexity index is 1310. The summed E-state index contributed by atoms with van der Waals surface area (Å²) in [6.45, 7) is 6.24. The van der Waals surface area contributed by atoms with Crippen molar-refractivity contribution in [3.8, 4) is 0 Å². The summed E-state index contributed by atoms with van der Waals surface area (Å²) in [5, 5.41) is 13.5. The Kier molecular flexibility index (Phi) is 5.62. The van der Waals surface area contributed by atoms with E-state index < -0.39 is 23.4 Å². The number of aliphatic hydroxyl groups is 1. The number of halogens is 2. The van der Waals surface area contributed by atoms with Gasteiger partial charge in [-0.1, -0.05) is 0 Å². The van der Waals surface area contributed by atoms with Gasteiger partial charge in [-0.2, -0.15) is 4.98 Å². The van der Waals surface area contributed by atoms with E-state index in [1.54, 1.807) is 36.2 Å². The maximum Gasteiger partial charge on any atom is 0.328 e. The van der Waals surface area contributed by atoms with Gasteiger partial charge in [0.05, 0.1) is 16.6 Å². The molecule has 1 aliphatic heterocycles. The Hall–Kier alpha value is -3.01. The third kappa shape index (κ3) is 4.28.